The standard InChI is InChI=1S/C10H11BrClNOS/c1-15-5-4-13-10(14)8-6-7(11)2-3-9(8)12/h2-3,6H,4-5H2,1H3,(H,13,14). The Bertz CT molecular complexity index is 359. The third kappa shape index (κ3) is 4.05. The lowest BCUT2D eigenvalue weighted by molar-refractivity contribution is 0.0956. The maximum absolute atomic E-state index is 11.7. The van der Waals surface area contributed by atoms with E-state index in [1.807, 2.05) is 6.26 Å². The van der Waals surface area contributed by atoms with Crippen molar-refractivity contribution in [1.82, 2.24) is 5.32 Å². The fourth-order valence-corrected chi connectivity index (χ4v) is 1.90. The second kappa shape index (κ2) is 6.40. The van der Waals surface area contributed by atoms with Gasteiger partial charge < -0.3 is 5.32 Å². The number of carbonyl (C=O) groups excluding carboxylic acids is 1. The van der Waals surface area contributed by atoms with E-state index in [-0.39, 0.29) is 5.91 Å². The van der Waals surface area contributed by atoms with E-state index in [1.54, 1.807) is 30.0 Å². The van der Waals surface area contributed by atoms with E-state index in [1.165, 1.54) is 0 Å². The van der Waals surface area contributed by atoms with Crippen LogP contribution in [0.15, 0.2) is 22.7 Å². The maximum Gasteiger partial charge on any atom is 0.252 e. The fourth-order valence-electron chi connectivity index (χ4n) is 1.03. The second-order valence-corrected chi connectivity index (χ2v) is 5.18. The average molecular weight is 309 g/mol. The van der Waals surface area contributed by atoms with Gasteiger partial charge in [-0.3, -0.25) is 4.79 Å². The maximum atomic E-state index is 11.7. The summed E-state index contributed by atoms with van der Waals surface area (Å²) in [5.74, 6) is 0.771. The molecular formula is C10H11BrClNOS. The molecule has 0 saturated carbocycles. The number of thioether (sulfide) groups is 1. The largest absolute Gasteiger partial charge is 0.351 e. The van der Waals surface area contributed by atoms with Crippen LogP contribution in [0.2, 0.25) is 5.02 Å². The predicted molar refractivity (Wildman–Crippen MR) is 69.9 cm³/mol. The van der Waals surface area contributed by atoms with Crippen molar-refractivity contribution in [3.63, 3.8) is 0 Å². The first-order valence-corrected chi connectivity index (χ1v) is 6.94. The van der Waals surface area contributed by atoms with E-state index >= 15 is 0 Å². The van der Waals surface area contributed by atoms with Crippen LogP contribution >= 0.6 is 39.3 Å². The molecule has 1 N–H and O–H groups in total. The van der Waals surface area contributed by atoms with E-state index < -0.39 is 0 Å². The molecule has 0 atom stereocenters. The molecule has 1 aromatic carbocycles. The molecule has 0 aliphatic heterocycles. The summed E-state index contributed by atoms with van der Waals surface area (Å²) >= 11 is 10.9. The molecule has 5 heteroatoms. The molecule has 2 nitrogen and oxygen atoms in total. The van der Waals surface area contributed by atoms with Crippen LogP contribution in [0.25, 0.3) is 0 Å². The van der Waals surface area contributed by atoms with Gasteiger partial charge in [0.25, 0.3) is 5.91 Å². The first-order chi connectivity index (χ1) is 7.15. The number of hydrogen-bond donors (Lipinski definition) is 1. The Morgan fingerprint density at radius 3 is 3.00 bits per heavy atom. The van der Waals surface area contributed by atoms with Crippen LogP contribution in [-0.2, 0) is 0 Å². The van der Waals surface area contributed by atoms with Crippen LogP contribution in [0.3, 0.4) is 0 Å². The SMILES string of the molecule is CSCCNC(=O)c1cc(Br)ccc1Cl. The summed E-state index contributed by atoms with van der Waals surface area (Å²) in [6.45, 7) is 0.656. The molecule has 0 heterocycles. The lowest BCUT2D eigenvalue weighted by Crippen LogP contribution is -2.25. The van der Waals surface area contributed by atoms with Crippen LogP contribution in [0.1, 0.15) is 10.4 Å². The minimum Gasteiger partial charge on any atom is -0.351 e. The Hall–Kier alpha value is -0.190. The van der Waals surface area contributed by atoms with Gasteiger partial charge in [0.2, 0.25) is 0 Å². The quantitative estimate of drug-likeness (QED) is 0.866. The molecule has 1 amide bonds. The lowest BCUT2D eigenvalue weighted by atomic mass is 10.2. The molecule has 0 aliphatic carbocycles. The van der Waals surface area contributed by atoms with E-state index in [0.717, 1.165) is 10.2 Å². The summed E-state index contributed by atoms with van der Waals surface area (Å²) < 4.78 is 0.849. The van der Waals surface area contributed by atoms with Crippen molar-refractivity contribution in [1.29, 1.82) is 0 Å². The van der Waals surface area contributed by atoms with Crippen LogP contribution in [0.5, 0.6) is 0 Å². The Morgan fingerprint density at radius 1 is 1.60 bits per heavy atom. The number of rotatable bonds is 4. The van der Waals surface area contributed by atoms with Crippen LogP contribution in [0, 0.1) is 0 Å². The van der Waals surface area contributed by atoms with Gasteiger partial charge >= 0.3 is 0 Å². The number of nitrogens with one attached hydrogen (secondary N) is 1. The van der Waals surface area contributed by atoms with Crippen molar-refractivity contribution in [2.75, 3.05) is 18.6 Å². The topological polar surface area (TPSA) is 29.1 Å². The zero-order chi connectivity index (χ0) is 11.3. The van der Waals surface area contributed by atoms with Gasteiger partial charge in [-0.2, -0.15) is 11.8 Å². The number of halogens is 2. The van der Waals surface area contributed by atoms with Gasteiger partial charge in [-0.25, -0.2) is 0 Å². The number of amides is 1. The van der Waals surface area contributed by atoms with E-state index in [4.69, 9.17) is 11.6 Å². The summed E-state index contributed by atoms with van der Waals surface area (Å²) in [7, 11) is 0. The van der Waals surface area contributed by atoms with Gasteiger partial charge in [0.15, 0.2) is 0 Å². The Balaban J connectivity index is 2.68. The van der Waals surface area contributed by atoms with Crippen LogP contribution < -0.4 is 5.32 Å². The molecule has 0 aliphatic rings. The molecule has 82 valence electrons. The van der Waals surface area contributed by atoms with Crippen molar-refractivity contribution in [2.24, 2.45) is 0 Å². The predicted octanol–water partition coefficient (Wildman–Crippen LogP) is 3.20. The van der Waals surface area contributed by atoms with Gasteiger partial charge in [-0.05, 0) is 24.5 Å². The zero-order valence-corrected chi connectivity index (χ0v) is 11.4. The highest BCUT2D eigenvalue weighted by Crippen LogP contribution is 2.20. The van der Waals surface area contributed by atoms with Gasteiger partial charge in [0, 0.05) is 16.8 Å². The fraction of sp³-hybridized carbons (Fsp3) is 0.300. The molecule has 0 bridgehead atoms. The smallest absolute Gasteiger partial charge is 0.252 e. The van der Waals surface area contributed by atoms with Crippen LogP contribution in [-0.4, -0.2) is 24.5 Å². The normalized spacial score (nSPS) is 10.1. The molecular weight excluding hydrogens is 298 g/mol. The van der Waals surface area contributed by atoms with Crippen molar-refractivity contribution in [3.8, 4) is 0 Å². The summed E-state index contributed by atoms with van der Waals surface area (Å²) in [5, 5.41) is 3.27. The van der Waals surface area contributed by atoms with Gasteiger partial charge in [0.1, 0.15) is 0 Å². The van der Waals surface area contributed by atoms with E-state index in [9.17, 15) is 4.79 Å². The first-order valence-electron chi connectivity index (χ1n) is 4.37. The monoisotopic (exact) mass is 307 g/mol. The first kappa shape index (κ1) is 12.9. The third-order valence-corrected chi connectivity index (χ3v) is 3.20. The van der Waals surface area contributed by atoms with Crippen LogP contribution in [0.4, 0.5) is 0 Å². The molecule has 0 spiro atoms. The molecule has 0 unspecified atom stereocenters. The summed E-state index contributed by atoms with van der Waals surface area (Å²) in [6.07, 6.45) is 2.00. The number of benzene rings is 1. The van der Waals surface area contributed by atoms with E-state index in [2.05, 4.69) is 21.2 Å². The summed E-state index contributed by atoms with van der Waals surface area (Å²) in [5.41, 5.74) is 0.507. The van der Waals surface area contributed by atoms with Crippen molar-refractivity contribution >= 4 is 45.2 Å². The summed E-state index contributed by atoms with van der Waals surface area (Å²) in [6, 6.07) is 5.23. The molecule has 1 aromatic rings. The molecule has 0 fully saturated rings. The average Bonchev–Trinajstić information content (AvgIpc) is 2.22. The highest BCUT2D eigenvalue weighted by atomic mass is 79.9. The molecule has 1 rings (SSSR count). The second-order valence-electron chi connectivity index (χ2n) is 2.87. The third-order valence-electron chi connectivity index (χ3n) is 1.76. The minimum absolute atomic E-state index is 0.129. The number of carbonyl (C=O) groups is 1. The van der Waals surface area contributed by atoms with E-state index in [0.29, 0.717) is 17.1 Å². The summed E-state index contributed by atoms with van der Waals surface area (Å²) in [4.78, 5) is 11.7. The van der Waals surface area contributed by atoms with Crippen molar-refractivity contribution in [3.05, 3.63) is 33.3 Å². The van der Waals surface area contributed by atoms with Gasteiger partial charge in [-0.1, -0.05) is 27.5 Å². The van der Waals surface area contributed by atoms with Crippen molar-refractivity contribution in [2.45, 2.75) is 0 Å². The highest BCUT2D eigenvalue weighted by Gasteiger charge is 2.09. The Morgan fingerprint density at radius 2 is 2.33 bits per heavy atom. The van der Waals surface area contributed by atoms with Crippen molar-refractivity contribution < 1.29 is 4.79 Å². The Labute approximate surface area is 107 Å². The highest BCUT2D eigenvalue weighted by molar-refractivity contribution is 9.10. The zero-order valence-electron chi connectivity index (χ0n) is 8.22. The lowest BCUT2D eigenvalue weighted by Gasteiger charge is -2.06. The molecule has 0 aromatic heterocycles. The molecule has 0 saturated heterocycles. The molecule has 15 heavy (non-hydrogen) atoms. The minimum atomic E-state index is -0.129. The van der Waals surface area contributed by atoms with Gasteiger partial charge in [-0.15, -0.1) is 0 Å². The number of hydrogen-bond acceptors (Lipinski definition) is 2. The Kier molecular flexibility index (Phi) is 5.50. The molecule has 0 radical (unpaired) electrons. The van der Waals surface area contributed by atoms with Gasteiger partial charge in [0.05, 0.1) is 10.6 Å².